The van der Waals surface area contributed by atoms with Crippen LogP contribution in [0.1, 0.15) is 19.4 Å². The van der Waals surface area contributed by atoms with Gasteiger partial charge in [-0.05, 0) is 55.5 Å². The molecule has 0 radical (unpaired) electrons. The van der Waals surface area contributed by atoms with Crippen molar-refractivity contribution in [1.82, 2.24) is 9.71 Å². The molecule has 0 saturated heterocycles. The predicted octanol–water partition coefficient (Wildman–Crippen LogP) is 5.25. The zero-order valence-electron chi connectivity index (χ0n) is 23.7. The summed E-state index contributed by atoms with van der Waals surface area (Å²) < 4.78 is 37.3. The lowest BCUT2D eigenvalue weighted by molar-refractivity contribution is -0.117. The van der Waals surface area contributed by atoms with E-state index in [4.69, 9.17) is 14.5 Å². The van der Waals surface area contributed by atoms with Gasteiger partial charge in [0, 0.05) is 29.3 Å². The third kappa shape index (κ3) is 7.32. The number of nitriles is 1. The number of carbonyl (C=O) groups is 2. The molecule has 3 aromatic carbocycles. The van der Waals surface area contributed by atoms with E-state index in [2.05, 4.69) is 11.4 Å². The quantitative estimate of drug-likeness (QED) is 0.228. The lowest BCUT2D eigenvalue weighted by atomic mass is 9.98. The maximum absolute atomic E-state index is 13.2. The molecule has 0 aliphatic carbocycles. The number of ether oxygens (including phenoxy) is 2. The van der Waals surface area contributed by atoms with Crippen molar-refractivity contribution in [2.45, 2.75) is 29.0 Å². The highest BCUT2D eigenvalue weighted by atomic mass is 32.2. The molecule has 0 bridgehead atoms. The second-order valence-corrected chi connectivity index (χ2v) is 12.2. The number of pyridine rings is 1. The van der Waals surface area contributed by atoms with Gasteiger partial charge in [-0.25, -0.2) is 18.1 Å². The van der Waals surface area contributed by atoms with E-state index in [1.807, 2.05) is 41.1 Å². The van der Waals surface area contributed by atoms with Crippen molar-refractivity contribution in [1.29, 1.82) is 5.26 Å². The van der Waals surface area contributed by atoms with E-state index >= 15 is 0 Å². The van der Waals surface area contributed by atoms with Gasteiger partial charge >= 0.3 is 0 Å². The number of nitrogens with zero attached hydrogens (tertiary/aromatic N) is 2. The van der Waals surface area contributed by atoms with Crippen LogP contribution in [0.4, 0.5) is 5.69 Å². The molecule has 0 aliphatic heterocycles. The predicted molar refractivity (Wildman–Crippen MR) is 164 cm³/mol. The minimum atomic E-state index is -4.01. The Morgan fingerprint density at radius 1 is 0.953 bits per heavy atom. The van der Waals surface area contributed by atoms with Gasteiger partial charge < -0.3 is 14.8 Å². The van der Waals surface area contributed by atoms with Gasteiger partial charge in [0.25, 0.3) is 10.0 Å². The summed E-state index contributed by atoms with van der Waals surface area (Å²) in [4.78, 5) is 29.0. The Labute approximate surface area is 254 Å². The first-order valence-electron chi connectivity index (χ1n) is 12.9. The number of nitrogens with one attached hydrogen (secondary N) is 2. The molecule has 0 spiro atoms. The number of anilines is 1. The fourth-order valence-electron chi connectivity index (χ4n) is 4.14. The lowest BCUT2D eigenvalue weighted by Gasteiger charge is -2.17. The molecule has 1 atom stereocenters. The third-order valence-electron chi connectivity index (χ3n) is 6.23. The summed E-state index contributed by atoms with van der Waals surface area (Å²) >= 11 is 1.12. The second kappa shape index (κ2) is 13.4. The summed E-state index contributed by atoms with van der Waals surface area (Å²) in [6, 6.07) is 24.3. The summed E-state index contributed by atoms with van der Waals surface area (Å²) in [5.74, 6) is 0.0144. The lowest BCUT2D eigenvalue weighted by Crippen LogP contribution is -2.28. The minimum absolute atomic E-state index is 0.121. The summed E-state index contributed by atoms with van der Waals surface area (Å²) in [7, 11) is -0.912. The third-order valence-corrected chi connectivity index (χ3v) is 8.77. The van der Waals surface area contributed by atoms with Crippen molar-refractivity contribution in [3.05, 3.63) is 84.4 Å². The molecule has 1 aromatic heterocycles. The summed E-state index contributed by atoms with van der Waals surface area (Å²) in [5.41, 5.74) is 3.24. The highest BCUT2D eigenvalue weighted by Crippen LogP contribution is 2.40. The van der Waals surface area contributed by atoms with E-state index in [-0.39, 0.29) is 10.5 Å². The van der Waals surface area contributed by atoms with Crippen molar-refractivity contribution >= 4 is 39.3 Å². The van der Waals surface area contributed by atoms with Gasteiger partial charge in [0.05, 0.1) is 35.6 Å². The molecule has 4 rings (SSSR count). The van der Waals surface area contributed by atoms with E-state index < -0.39 is 27.1 Å². The van der Waals surface area contributed by atoms with E-state index in [1.165, 1.54) is 24.3 Å². The molecule has 1 unspecified atom stereocenters. The van der Waals surface area contributed by atoms with Crippen LogP contribution in [0.15, 0.2) is 88.8 Å². The fourth-order valence-corrected chi connectivity index (χ4v) is 6.06. The van der Waals surface area contributed by atoms with Crippen LogP contribution in [0, 0.1) is 11.3 Å². The van der Waals surface area contributed by atoms with Crippen molar-refractivity contribution in [2.75, 3.05) is 19.5 Å². The van der Waals surface area contributed by atoms with Gasteiger partial charge in [0.15, 0.2) is 0 Å². The highest BCUT2D eigenvalue weighted by molar-refractivity contribution is 8.00. The van der Waals surface area contributed by atoms with Crippen LogP contribution in [-0.2, 0) is 19.6 Å². The Morgan fingerprint density at radius 3 is 2.26 bits per heavy atom. The first-order chi connectivity index (χ1) is 20.6. The van der Waals surface area contributed by atoms with Crippen molar-refractivity contribution in [3.63, 3.8) is 0 Å². The van der Waals surface area contributed by atoms with E-state index in [0.717, 1.165) is 24.2 Å². The number of hydrogen-bond donors (Lipinski definition) is 2. The van der Waals surface area contributed by atoms with Gasteiger partial charge in [-0.3, -0.25) is 9.59 Å². The summed E-state index contributed by atoms with van der Waals surface area (Å²) in [5, 5.41) is 12.7. The average molecular weight is 617 g/mol. The largest absolute Gasteiger partial charge is 0.497 e. The molecule has 0 fully saturated rings. The second-order valence-electron chi connectivity index (χ2n) is 9.21. The molecule has 12 heteroatoms. The number of amides is 2. The normalized spacial score (nSPS) is 11.6. The molecule has 10 nitrogen and oxygen atoms in total. The van der Waals surface area contributed by atoms with Crippen LogP contribution < -0.4 is 19.5 Å². The monoisotopic (exact) mass is 616 g/mol. The molecule has 1 heterocycles. The van der Waals surface area contributed by atoms with Gasteiger partial charge in [0.2, 0.25) is 11.8 Å². The Hall–Kier alpha value is -4.86. The molecule has 2 N–H and O–H groups in total. The summed E-state index contributed by atoms with van der Waals surface area (Å²) in [6.45, 7) is 2.78. The number of carbonyl (C=O) groups excluding carboxylic acids is 2. The smallest absolute Gasteiger partial charge is 0.264 e. The fraction of sp³-hybridized carbons (Fsp3) is 0.161. The molecular weight excluding hydrogens is 588 g/mol. The Balaban J connectivity index is 1.69. The zero-order valence-corrected chi connectivity index (χ0v) is 25.4. The number of methoxy groups -OCH3 is 2. The molecule has 4 aromatic rings. The Morgan fingerprint density at radius 2 is 1.65 bits per heavy atom. The topological polar surface area (TPSA) is 147 Å². The van der Waals surface area contributed by atoms with Crippen molar-refractivity contribution in [3.8, 4) is 40.0 Å². The number of aromatic nitrogens is 1. The van der Waals surface area contributed by atoms with Crippen LogP contribution in [-0.4, -0.2) is 44.7 Å². The molecule has 0 aliphatic rings. The van der Waals surface area contributed by atoms with Crippen LogP contribution in [0.2, 0.25) is 0 Å². The van der Waals surface area contributed by atoms with E-state index in [1.54, 1.807) is 39.3 Å². The first-order valence-corrected chi connectivity index (χ1v) is 15.3. The van der Waals surface area contributed by atoms with E-state index in [9.17, 15) is 23.3 Å². The van der Waals surface area contributed by atoms with Gasteiger partial charge in [-0.1, -0.05) is 42.1 Å². The standard InChI is InChI=1S/C31H28N4O6S2/c1-19(30(37)33-22-10-13-24(14-11-22)43(38,39)35-20(2)36)42-31-27(18-32)25(17-28(34-31)21-8-6-5-7-9-21)26-16-23(40-3)12-15-29(26)41-4/h5-17,19H,1-4H3,(H,33,37)(H,35,36). The Kier molecular flexibility index (Phi) is 9.70. The van der Waals surface area contributed by atoms with Gasteiger partial charge in [-0.2, -0.15) is 5.26 Å². The molecule has 220 valence electrons. The first kappa shape index (κ1) is 31.1. The number of benzene rings is 3. The number of hydrogen-bond acceptors (Lipinski definition) is 9. The maximum atomic E-state index is 13.2. The SMILES string of the molecule is COc1ccc(OC)c(-c2cc(-c3ccccc3)nc(SC(C)C(=O)Nc3ccc(S(=O)(=O)NC(C)=O)cc3)c2C#N)c1. The molecule has 2 amide bonds. The van der Waals surface area contributed by atoms with Gasteiger partial charge in [-0.15, -0.1) is 0 Å². The van der Waals surface area contributed by atoms with Crippen LogP contribution in [0.5, 0.6) is 11.5 Å². The van der Waals surface area contributed by atoms with Gasteiger partial charge in [0.1, 0.15) is 22.6 Å². The van der Waals surface area contributed by atoms with Crippen LogP contribution in [0.25, 0.3) is 22.4 Å². The minimum Gasteiger partial charge on any atom is -0.497 e. The molecule has 0 saturated carbocycles. The number of rotatable bonds is 10. The zero-order chi connectivity index (χ0) is 31.1. The van der Waals surface area contributed by atoms with E-state index in [0.29, 0.717) is 39.0 Å². The number of thioether (sulfide) groups is 1. The highest BCUT2D eigenvalue weighted by Gasteiger charge is 2.23. The Bertz CT molecular complexity index is 1800. The summed E-state index contributed by atoms with van der Waals surface area (Å²) in [6.07, 6.45) is 0. The van der Waals surface area contributed by atoms with Crippen molar-refractivity contribution in [2.24, 2.45) is 0 Å². The van der Waals surface area contributed by atoms with Crippen molar-refractivity contribution < 1.29 is 27.5 Å². The average Bonchev–Trinajstić information content (AvgIpc) is 3.00. The molecule has 43 heavy (non-hydrogen) atoms. The number of sulfonamides is 1. The maximum Gasteiger partial charge on any atom is 0.264 e. The molecular formula is C31H28N4O6S2. The van der Waals surface area contributed by atoms with Crippen LogP contribution >= 0.6 is 11.8 Å². The van der Waals surface area contributed by atoms with Crippen LogP contribution in [0.3, 0.4) is 0 Å².